The molecule has 0 spiro atoms. The number of aromatic nitrogens is 2. The summed E-state index contributed by atoms with van der Waals surface area (Å²) in [7, 11) is -3.59. The fourth-order valence-electron chi connectivity index (χ4n) is 2.07. The highest BCUT2D eigenvalue weighted by Gasteiger charge is 2.15. The number of nitrogens with one attached hydrogen (secondary N) is 2. The Labute approximate surface area is 125 Å². The maximum atomic E-state index is 12.3. The van der Waals surface area contributed by atoms with E-state index in [0.29, 0.717) is 11.7 Å². The molecule has 0 amide bonds. The summed E-state index contributed by atoms with van der Waals surface area (Å²) in [6.45, 7) is 6.24. The average molecular weight is 307 g/mol. The van der Waals surface area contributed by atoms with Crippen molar-refractivity contribution in [2.45, 2.75) is 38.5 Å². The molecule has 0 saturated carbocycles. The monoisotopic (exact) mass is 307 g/mol. The lowest BCUT2D eigenvalue weighted by molar-refractivity contribution is 0.601. The normalized spacial score (nSPS) is 11.8. The second-order valence-electron chi connectivity index (χ2n) is 5.48. The summed E-state index contributed by atoms with van der Waals surface area (Å²) < 4.78 is 27.0. The van der Waals surface area contributed by atoms with Crippen molar-refractivity contribution in [3.63, 3.8) is 0 Å². The first-order valence-electron chi connectivity index (χ1n) is 7.06. The quantitative estimate of drug-likeness (QED) is 0.861. The Bertz CT molecular complexity index is 688. The number of hydrogen-bond acceptors (Lipinski definition) is 3. The Kier molecular flexibility index (Phi) is 4.67. The molecule has 1 heterocycles. The van der Waals surface area contributed by atoms with E-state index in [4.69, 9.17) is 0 Å². The van der Waals surface area contributed by atoms with Gasteiger partial charge in [-0.1, -0.05) is 32.9 Å². The van der Waals surface area contributed by atoms with E-state index in [1.165, 1.54) is 0 Å². The molecule has 1 aromatic heterocycles. The first-order valence-corrected chi connectivity index (χ1v) is 8.55. The van der Waals surface area contributed by atoms with Gasteiger partial charge in [0.05, 0.1) is 4.90 Å². The van der Waals surface area contributed by atoms with E-state index in [1.807, 2.05) is 19.1 Å². The minimum atomic E-state index is -3.59. The van der Waals surface area contributed by atoms with Crippen LogP contribution in [0.15, 0.2) is 35.2 Å². The third-order valence-electron chi connectivity index (χ3n) is 3.13. The van der Waals surface area contributed by atoms with Gasteiger partial charge in [0, 0.05) is 11.8 Å². The zero-order valence-electron chi connectivity index (χ0n) is 12.6. The number of sulfonamides is 1. The topological polar surface area (TPSA) is 74.8 Å². The molecular weight excluding hydrogens is 286 g/mol. The molecule has 0 aliphatic carbocycles. The molecule has 0 aliphatic rings. The fraction of sp³-hybridized carbons (Fsp3) is 0.400. The second-order valence-corrected chi connectivity index (χ2v) is 7.16. The fourth-order valence-corrected chi connectivity index (χ4v) is 3.06. The van der Waals surface area contributed by atoms with Gasteiger partial charge in [-0.2, -0.15) is 5.10 Å². The van der Waals surface area contributed by atoms with Crippen LogP contribution in [0.25, 0.3) is 0 Å². The zero-order chi connectivity index (χ0) is 15.5. The molecule has 5 nitrogen and oxygen atoms in total. The maximum absolute atomic E-state index is 12.3. The molecule has 2 aromatic rings. The maximum Gasteiger partial charge on any atom is 0.263 e. The number of aromatic amines is 1. The first kappa shape index (κ1) is 15.6. The standard InChI is InChI=1S/C15H21N3O2S/c1-4-13-10-15(17-16-13)18-21(19,20)14-7-5-12(6-8-14)9-11(2)3/h5-8,10-11H,4,9H2,1-3H3,(H2,16,17,18). The van der Waals surface area contributed by atoms with Crippen LogP contribution in [0.4, 0.5) is 5.82 Å². The van der Waals surface area contributed by atoms with Crippen molar-refractivity contribution in [1.29, 1.82) is 0 Å². The number of nitrogens with zero attached hydrogens (tertiary/aromatic N) is 1. The smallest absolute Gasteiger partial charge is 0.263 e. The van der Waals surface area contributed by atoms with Crippen molar-refractivity contribution >= 4 is 15.8 Å². The van der Waals surface area contributed by atoms with Crippen LogP contribution in [0.5, 0.6) is 0 Å². The van der Waals surface area contributed by atoms with Gasteiger partial charge >= 0.3 is 0 Å². The van der Waals surface area contributed by atoms with Gasteiger partial charge in [0.25, 0.3) is 10.0 Å². The van der Waals surface area contributed by atoms with E-state index in [-0.39, 0.29) is 4.90 Å². The molecule has 0 radical (unpaired) electrons. The van der Waals surface area contributed by atoms with Crippen LogP contribution in [-0.4, -0.2) is 18.6 Å². The second kappa shape index (κ2) is 6.30. The van der Waals surface area contributed by atoms with Gasteiger partial charge < -0.3 is 0 Å². The number of rotatable bonds is 6. The van der Waals surface area contributed by atoms with Gasteiger partial charge in [-0.15, -0.1) is 0 Å². The van der Waals surface area contributed by atoms with E-state index in [9.17, 15) is 8.42 Å². The predicted octanol–water partition coefficient (Wildman–Crippen LogP) is 2.97. The number of H-pyrrole nitrogens is 1. The number of anilines is 1. The molecule has 0 atom stereocenters. The molecular formula is C15H21N3O2S. The van der Waals surface area contributed by atoms with Crippen LogP contribution in [0.2, 0.25) is 0 Å². The lowest BCUT2D eigenvalue weighted by Gasteiger charge is -2.08. The highest BCUT2D eigenvalue weighted by Crippen LogP contribution is 2.17. The molecule has 0 bridgehead atoms. The third-order valence-corrected chi connectivity index (χ3v) is 4.50. The lowest BCUT2D eigenvalue weighted by atomic mass is 10.0. The Morgan fingerprint density at radius 1 is 1.24 bits per heavy atom. The van der Waals surface area contributed by atoms with E-state index in [2.05, 4.69) is 28.8 Å². The summed E-state index contributed by atoms with van der Waals surface area (Å²) in [5.74, 6) is 0.861. The number of benzene rings is 1. The molecule has 0 aliphatic heterocycles. The Hall–Kier alpha value is -1.82. The Morgan fingerprint density at radius 3 is 2.43 bits per heavy atom. The van der Waals surface area contributed by atoms with Gasteiger partial charge in [0.15, 0.2) is 5.82 Å². The van der Waals surface area contributed by atoms with Crippen LogP contribution in [0, 0.1) is 5.92 Å². The molecule has 0 unspecified atom stereocenters. The summed E-state index contributed by atoms with van der Waals surface area (Å²) in [5.41, 5.74) is 2.02. The van der Waals surface area contributed by atoms with Crippen molar-refractivity contribution in [1.82, 2.24) is 10.2 Å². The van der Waals surface area contributed by atoms with Crippen LogP contribution >= 0.6 is 0 Å². The SMILES string of the molecule is CCc1cc(NS(=O)(=O)c2ccc(CC(C)C)cc2)n[nH]1. The van der Waals surface area contributed by atoms with Crippen molar-refractivity contribution in [3.8, 4) is 0 Å². The number of aryl methyl sites for hydroxylation is 1. The van der Waals surface area contributed by atoms with Crippen LogP contribution < -0.4 is 4.72 Å². The summed E-state index contributed by atoms with van der Waals surface area (Å²) in [6.07, 6.45) is 1.71. The summed E-state index contributed by atoms with van der Waals surface area (Å²) >= 11 is 0. The van der Waals surface area contributed by atoms with Gasteiger partial charge in [-0.25, -0.2) is 8.42 Å². The summed E-state index contributed by atoms with van der Waals surface area (Å²) in [4.78, 5) is 0.246. The van der Waals surface area contributed by atoms with Crippen LogP contribution in [-0.2, 0) is 22.9 Å². The highest BCUT2D eigenvalue weighted by atomic mass is 32.2. The molecule has 2 rings (SSSR count). The summed E-state index contributed by atoms with van der Waals surface area (Å²) in [5, 5.41) is 6.72. The first-order chi connectivity index (χ1) is 9.90. The van der Waals surface area contributed by atoms with Gasteiger partial charge in [-0.05, 0) is 36.5 Å². The van der Waals surface area contributed by atoms with E-state index in [1.54, 1.807) is 18.2 Å². The number of hydrogen-bond donors (Lipinski definition) is 2. The van der Waals surface area contributed by atoms with Crippen molar-refractivity contribution < 1.29 is 8.42 Å². The molecule has 0 fully saturated rings. The van der Waals surface area contributed by atoms with Crippen molar-refractivity contribution in [2.75, 3.05) is 4.72 Å². The molecule has 2 N–H and O–H groups in total. The van der Waals surface area contributed by atoms with E-state index in [0.717, 1.165) is 24.1 Å². The minimum absolute atomic E-state index is 0.246. The Balaban J connectivity index is 2.15. The predicted molar refractivity (Wildman–Crippen MR) is 83.8 cm³/mol. The molecule has 6 heteroatoms. The minimum Gasteiger partial charge on any atom is -0.280 e. The average Bonchev–Trinajstić information content (AvgIpc) is 2.85. The molecule has 21 heavy (non-hydrogen) atoms. The van der Waals surface area contributed by atoms with Crippen LogP contribution in [0.1, 0.15) is 32.0 Å². The highest BCUT2D eigenvalue weighted by molar-refractivity contribution is 7.92. The lowest BCUT2D eigenvalue weighted by Crippen LogP contribution is -2.13. The van der Waals surface area contributed by atoms with Gasteiger partial charge in [-0.3, -0.25) is 9.82 Å². The van der Waals surface area contributed by atoms with E-state index < -0.39 is 10.0 Å². The molecule has 0 saturated heterocycles. The molecule has 114 valence electrons. The van der Waals surface area contributed by atoms with Crippen molar-refractivity contribution in [3.05, 3.63) is 41.6 Å². The third kappa shape index (κ3) is 4.07. The largest absolute Gasteiger partial charge is 0.280 e. The van der Waals surface area contributed by atoms with Gasteiger partial charge in [0.1, 0.15) is 0 Å². The van der Waals surface area contributed by atoms with Crippen molar-refractivity contribution in [2.24, 2.45) is 5.92 Å². The zero-order valence-corrected chi connectivity index (χ0v) is 13.4. The summed E-state index contributed by atoms with van der Waals surface area (Å²) in [6, 6.07) is 8.68. The Morgan fingerprint density at radius 2 is 1.90 bits per heavy atom. The van der Waals surface area contributed by atoms with Gasteiger partial charge in [0.2, 0.25) is 0 Å². The van der Waals surface area contributed by atoms with Crippen LogP contribution in [0.3, 0.4) is 0 Å². The molecule has 1 aromatic carbocycles. The van der Waals surface area contributed by atoms with E-state index >= 15 is 0 Å².